The first-order valence-electron chi connectivity index (χ1n) is 8.14. The third-order valence-electron chi connectivity index (χ3n) is 4.46. The second-order valence-electron chi connectivity index (χ2n) is 5.87. The number of nitrogens with one attached hydrogen (secondary N) is 2. The molecule has 1 aliphatic heterocycles. The molecule has 0 saturated carbocycles. The van der Waals surface area contributed by atoms with Crippen LogP contribution >= 0.6 is 0 Å². The van der Waals surface area contributed by atoms with E-state index < -0.39 is 0 Å². The second kappa shape index (κ2) is 11.5. The van der Waals surface area contributed by atoms with Gasteiger partial charge in [-0.05, 0) is 19.9 Å². The van der Waals surface area contributed by atoms with Crippen molar-refractivity contribution in [2.45, 2.75) is 26.3 Å². The molecule has 1 heterocycles. The van der Waals surface area contributed by atoms with Crippen molar-refractivity contribution in [3.8, 4) is 5.75 Å². The van der Waals surface area contributed by atoms with E-state index in [2.05, 4.69) is 19.1 Å². The Kier molecular flexibility index (Phi) is 11.0. The van der Waals surface area contributed by atoms with E-state index in [-0.39, 0.29) is 30.8 Å². The Morgan fingerprint density at radius 1 is 1.17 bits per heavy atom. The van der Waals surface area contributed by atoms with Gasteiger partial charge in [0.15, 0.2) is 11.4 Å². The number of piperazine rings is 1. The highest BCUT2D eigenvalue weighted by Gasteiger charge is 2.30. The molecule has 0 bridgehead atoms. The molecule has 2 rings (SSSR count). The maximum Gasteiger partial charge on any atom is 0.311 e. The molecule has 7 heteroatoms. The Bertz CT molecular complexity index is 494. The van der Waals surface area contributed by atoms with Gasteiger partial charge in [0.1, 0.15) is 26.2 Å². The number of para-hydroxylation sites is 2. The zero-order valence-electron chi connectivity index (χ0n) is 14.6. The molecule has 1 aromatic carbocycles. The van der Waals surface area contributed by atoms with E-state index in [4.69, 9.17) is 9.47 Å². The summed E-state index contributed by atoms with van der Waals surface area (Å²) in [7, 11) is 1.72. The molecule has 1 atom stereocenters. The fourth-order valence-corrected chi connectivity index (χ4v) is 3.19. The van der Waals surface area contributed by atoms with E-state index in [0.717, 1.165) is 31.9 Å². The Morgan fingerprint density at radius 3 is 2.38 bits per heavy atom. The first-order chi connectivity index (χ1) is 10.7. The number of rotatable bonds is 6. The van der Waals surface area contributed by atoms with E-state index in [9.17, 15) is 4.79 Å². The van der Waals surface area contributed by atoms with Gasteiger partial charge in [-0.25, -0.2) is 0 Å². The van der Waals surface area contributed by atoms with Crippen LogP contribution in [0.4, 0.5) is 5.69 Å². The second-order valence-corrected chi connectivity index (χ2v) is 5.87. The van der Waals surface area contributed by atoms with Crippen LogP contribution in [0.15, 0.2) is 24.3 Å². The van der Waals surface area contributed by atoms with Crippen molar-refractivity contribution in [3.05, 3.63) is 24.3 Å². The van der Waals surface area contributed by atoms with Crippen molar-refractivity contribution >= 4 is 11.7 Å². The number of carbonyl (C=O) groups is 1. The third kappa shape index (κ3) is 6.13. The number of esters is 1. The summed E-state index contributed by atoms with van der Waals surface area (Å²) in [6.07, 6.45) is 0.507. The number of benzene rings is 1. The van der Waals surface area contributed by atoms with Crippen molar-refractivity contribution in [2.75, 3.05) is 39.9 Å². The number of halogens is 2. The molecule has 1 aromatic rings. The Labute approximate surface area is 157 Å². The van der Waals surface area contributed by atoms with Crippen LogP contribution in [0.25, 0.3) is 0 Å². The molecule has 0 aromatic heterocycles. The van der Waals surface area contributed by atoms with Gasteiger partial charge in [-0.1, -0.05) is 12.1 Å². The molecule has 1 unspecified atom stereocenters. The lowest BCUT2D eigenvalue weighted by Crippen LogP contribution is -3.27. The number of methoxy groups -OCH3 is 1. The van der Waals surface area contributed by atoms with Crippen LogP contribution in [-0.4, -0.2) is 51.9 Å². The van der Waals surface area contributed by atoms with Gasteiger partial charge in [-0.2, -0.15) is 0 Å². The number of carbonyl (C=O) groups excluding carboxylic acids is 1. The molecule has 0 radical (unpaired) electrons. The van der Waals surface area contributed by atoms with Crippen LogP contribution in [0.5, 0.6) is 5.75 Å². The topological polar surface area (TPSA) is 44.4 Å². The zero-order chi connectivity index (χ0) is 15.9. The molecule has 1 fully saturated rings. The lowest BCUT2D eigenvalue weighted by atomic mass is 10.1. The highest BCUT2D eigenvalue weighted by Crippen LogP contribution is 2.18. The van der Waals surface area contributed by atoms with Gasteiger partial charge >= 0.3 is 5.97 Å². The fraction of sp³-hybridized carbons (Fsp3) is 0.588. The lowest BCUT2D eigenvalue weighted by Gasteiger charge is -2.33. The number of hydrogen-bond donors (Lipinski definition) is 2. The molecule has 24 heavy (non-hydrogen) atoms. The summed E-state index contributed by atoms with van der Waals surface area (Å²) in [6, 6.07) is 8.54. The van der Waals surface area contributed by atoms with Gasteiger partial charge < -0.3 is 39.2 Å². The van der Waals surface area contributed by atoms with Crippen molar-refractivity contribution in [2.24, 2.45) is 0 Å². The van der Waals surface area contributed by atoms with Gasteiger partial charge in [-0.15, -0.1) is 0 Å². The van der Waals surface area contributed by atoms with Crippen LogP contribution < -0.4 is 39.4 Å². The van der Waals surface area contributed by atoms with Gasteiger partial charge in [0.05, 0.1) is 26.2 Å². The predicted octanol–water partition coefficient (Wildman–Crippen LogP) is -6.54. The average Bonchev–Trinajstić information content (AvgIpc) is 2.55. The average molecular weight is 379 g/mol. The smallest absolute Gasteiger partial charge is 0.311 e. The molecule has 138 valence electrons. The number of ether oxygens (including phenoxy) is 2. The number of hydrogen-bond acceptors (Lipinski definition) is 3. The summed E-state index contributed by atoms with van der Waals surface area (Å²) in [5.74, 6) is 0.877. The minimum atomic E-state index is -0.0815. The molecular weight excluding hydrogens is 351 g/mol. The Balaban J connectivity index is 0.00000264. The van der Waals surface area contributed by atoms with E-state index in [0.29, 0.717) is 19.1 Å². The Morgan fingerprint density at radius 2 is 1.79 bits per heavy atom. The van der Waals surface area contributed by atoms with E-state index in [1.165, 1.54) is 15.5 Å². The van der Waals surface area contributed by atoms with E-state index in [1.54, 1.807) is 7.11 Å². The van der Waals surface area contributed by atoms with Crippen molar-refractivity contribution in [1.29, 1.82) is 0 Å². The first kappa shape index (κ1) is 23.0. The predicted molar refractivity (Wildman–Crippen MR) is 84.8 cm³/mol. The van der Waals surface area contributed by atoms with Crippen LogP contribution in [0.2, 0.25) is 0 Å². The molecule has 1 aliphatic rings. The maximum atomic E-state index is 11.6. The summed E-state index contributed by atoms with van der Waals surface area (Å²) in [5, 5.41) is 0. The highest BCUT2D eigenvalue weighted by atomic mass is 35.5. The monoisotopic (exact) mass is 378 g/mol. The van der Waals surface area contributed by atoms with Crippen molar-refractivity contribution < 1.29 is 48.9 Å². The molecule has 0 amide bonds. The van der Waals surface area contributed by atoms with Crippen molar-refractivity contribution in [1.82, 2.24) is 0 Å². The van der Waals surface area contributed by atoms with Crippen LogP contribution in [-0.2, 0) is 9.53 Å². The fourth-order valence-electron chi connectivity index (χ4n) is 3.19. The largest absolute Gasteiger partial charge is 1.00 e. The summed E-state index contributed by atoms with van der Waals surface area (Å²) in [6.45, 7) is 8.70. The van der Waals surface area contributed by atoms with Crippen molar-refractivity contribution in [3.63, 3.8) is 0 Å². The molecule has 5 nitrogen and oxygen atoms in total. The lowest BCUT2D eigenvalue weighted by molar-refractivity contribution is -0.999. The summed E-state index contributed by atoms with van der Waals surface area (Å²) in [5.41, 5.74) is 1.24. The van der Waals surface area contributed by atoms with E-state index >= 15 is 0 Å². The van der Waals surface area contributed by atoms with Gasteiger partial charge in [0, 0.05) is 6.07 Å². The third-order valence-corrected chi connectivity index (χ3v) is 4.46. The summed E-state index contributed by atoms with van der Waals surface area (Å²) >= 11 is 0. The maximum absolute atomic E-state index is 11.6. The van der Waals surface area contributed by atoms with Crippen LogP contribution in [0.3, 0.4) is 0 Å². The number of quaternary nitrogens is 2. The molecule has 2 N–H and O–H groups in total. The highest BCUT2D eigenvalue weighted by molar-refractivity contribution is 5.69. The first-order valence-corrected chi connectivity index (χ1v) is 8.14. The standard InChI is InChI=1S/C17H26N2O3.2ClH/c1-4-22-17(20)13-14(2)18-9-11-19(12-10-18)15-7-5-6-8-16(15)21-3;;/h5-8,14H,4,9-13H2,1-3H3;2*1H. The zero-order valence-corrected chi connectivity index (χ0v) is 16.1. The normalized spacial score (nSPS) is 21.0. The Hall–Kier alpha value is -1.01. The van der Waals surface area contributed by atoms with Crippen LogP contribution in [0, 0.1) is 0 Å². The van der Waals surface area contributed by atoms with Gasteiger partial charge in [0.25, 0.3) is 0 Å². The quantitative estimate of drug-likeness (QED) is 0.484. The summed E-state index contributed by atoms with van der Waals surface area (Å²) < 4.78 is 10.5. The van der Waals surface area contributed by atoms with Gasteiger partial charge in [-0.3, -0.25) is 9.69 Å². The SMILES string of the molecule is CCOC(=O)CC(C)[NH+]1CC[NH+](c2ccccc2OC)CC1.[Cl-].[Cl-]. The minimum absolute atomic E-state index is 0. The molecular formula is C17H28Cl2N2O3. The summed E-state index contributed by atoms with van der Waals surface area (Å²) in [4.78, 5) is 14.6. The van der Waals surface area contributed by atoms with E-state index in [1.807, 2.05) is 19.1 Å². The molecule has 0 aliphatic carbocycles. The van der Waals surface area contributed by atoms with Gasteiger partial charge in [0.2, 0.25) is 0 Å². The van der Waals surface area contributed by atoms with Crippen LogP contribution in [0.1, 0.15) is 20.3 Å². The molecule has 0 spiro atoms. The molecule has 1 saturated heterocycles. The minimum Gasteiger partial charge on any atom is -1.00 e.